The number of rotatable bonds is 3. The lowest BCUT2D eigenvalue weighted by Gasteiger charge is -1.96. The highest BCUT2D eigenvalue weighted by atomic mass is 16.8. The summed E-state index contributed by atoms with van der Waals surface area (Å²) in [5, 5.41) is 0.618. The van der Waals surface area contributed by atoms with Gasteiger partial charge >= 0.3 is 11.7 Å². The largest absolute Gasteiger partial charge is 0.465 e. The number of aromatic nitrogens is 1. The summed E-state index contributed by atoms with van der Waals surface area (Å²) in [6.45, 7) is 0. The van der Waals surface area contributed by atoms with Gasteiger partial charge in [-0.2, -0.15) is 0 Å². The first-order chi connectivity index (χ1) is 8.17. The molecule has 1 aromatic carbocycles. The van der Waals surface area contributed by atoms with Gasteiger partial charge in [-0.3, -0.25) is 0 Å². The van der Waals surface area contributed by atoms with Gasteiger partial charge in [0.25, 0.3) is 4.92 Å². The Labute approximate surface area is 96.7 Å². The first-order valence-corrected chi connectivity index (χ1v) is 4.88. The minimum absolute atomic E-state index is 0.310. The number of carbonyl (C=O) groups excluding carboxylic acids is 1. The van der Waals surface area contributed by atoms with Crippen molar-refractivity contribution in [2.24, 2.45) is 0 Å². The molecule has 0 amide bonds. The number of esters is 1. The van der Waals surface area contributed by atoms with E-state index < -0.39 is 5.97 Å². The van der Waals surface area contributed by atoms with E-state index in [0.29, 0.717) is 21.6 Å². The minimum atomic E-state index is -0.455. The molecule has 2 rings (SSSR count). The Morgan fingerprint density at radius 2 is 2.12 bits per heavy atom. The van der Waals surface area contributed by atoms with Crippen molar-refractivity contribution in [3.8, 4) is 0 Å². The lowest BCUT2D eigenvalue weighted by atomic mass is 10.1. The molecule has 88 valence electrons. The van der Waals surface area contributed by atoms with Gasteiger partial charge in [0.15, 0.2) is 7.11 Å². The fraction of sp³-hybridized carbons (Fsp3) is 0.182. The number of fused-ring (bicyclic) bond motifs is 1. The van der Waals surface area contributed by atoms with Crippen molar-refractivity contribution in [2.75, 3.05) is 14.2 Å². The van der Waals surface area contributed by atoms with Crippen LogP contribution in [0.3, 0.4) is 0 Å². The second-order valence-electron chi connectivity index (χ2n) is 3.36. The molecule has 6 heteroatoms. The van der Waals surface area contributed by atoms with Crippen LogP contribution in [0.2, 0.25) is 0 Å². The molecule has 1 heterocycles. The molecule has 0 aliphatic carbocycles. The molecule has 1 aromatic heterocycles. The number of methoxy groups -OCH3 is 1. The van der Waals surface area contributed by atoms with Crippen LogP contribution in [0.1, 0.15) is 10.4 Å². The smallest absolute Gasteiger partial charge is 0.340 e. The molecule has 0 unspecified atom stereocenters. The van der Waals surface area contributed by atoms with Crippen LogP contribution >= 0.6 is 0 Å². The average molecular weight is 235 g/mol. The summed E-state index contributed by atoms with van der Waals surface area (Å²) < 4.78 is 4.65. The molecule has 0 spiro atoms. The molecule has 0 bridgehead atoms. The summed E-state index contributed by atoms with van der Waals surface area (Å²) in [6.07, 6.45) is 1.54. The third kappa shape index (κ3) is 1.84. The number of nitrogens with zero attached hydrogens (tertiary/aromatic N) is 1. The van der Waals surface area contributed by atoms with Crippen LogP contribution in [-0.2, 0) is 9.57 Å². The summed E-state index contributed by atoms with van der Waals surface area (Å²) in [5.74, 6) is -0.455. The minimum Gasteiger partial charge on any atom is -0.465 e. The Morgan fingerprint density at radius 3 is 2.76 bits per heavy atom. The summed E-state index contributed by atoms with van der Waals surface area (Å²) in [5.41, 5.74) is 1.44. The number of aromatic amines is 1. The van der Waals surface area contributed by atoms with Gasteiger partial charge in [0.05, 0.1) is 17.6 Å². The molecule has 17 heavy (non-hydrogen) atoms. The lowest BCUT2D eigenvalue weighted by molar-refractivity contribution is -0.736. The summed E-state index contributed by atoms with van der Waals surface area (Å²) in [6, 6.07) is 4.85. The molecule has 0 fully saturated rings. The molecule has 0 aliphatic rings. The molecule has 0 saturated carbocycles. The molecule has 0 saturated heterocycles. The second-order valence-corrected chi connectivity index (χ2v) is 3.36. The van der Waals surface area contributed by atoms with Gasteiger partial charge in [-0.25, -0.2) is 9.63 Å². The number of nitrogens with one attached hydrogen (secondary N) is 1. The first-order valence-electron chi connectivity index (χ1n) is 4.88. The maximum Gasteiger partial charge on any atom is 0.340 e. The summed E-state index contributed by atoms with van der Waals surface area (Å²) in [4.78, 5) is 30.6. The zero-order valence-electron chi connectivity index (χ0n) is 9.39. The third-order valence-electron chi connectivity index (χ3n) is 2.45. The highest BCUT2D eigenvalue weighted by Crippen LogP contribution is 2.24. The number of hydrogen-bond acceptors (Lipinski definition) is 4. The van der Waals surface area contributed by atoms with Crippen molar-refractivity contribution in [1.82, 2.24) is 4.98 Å². The molecule has 0 radical (unpaired) electrons. The Kier molecular flexibility index (Phi) is 2.78. The van der Waals surface area contributed by atoms with Crippen molar-refractivity contribution in [3.63, 3.8) is 0 Å². The van der Waals surface area contributed by atoms with Crippen molar-refractivity contribution in [2.45, 2.75) is 0 Å². The van der Waals surface area contributed by atoms with E-state index in [1.165, 1.54) is 14.2 Å². The quantitative estimate of drug-likeness (QED) is 0.651. The Hall–Kier alpha value is -2.37. The van der Waals surface area contributed by atoms with Crippen LogP contribution in [0.4, 0.5) is 5.69 Å². The number of carbonyl (C=O) groups is 1. The average Bonchev–Trinajstić information content (AvgIpc) is 2.79. The van der Waals surface area contributed by atoms with Gasteiger partial charge < -0.3 is 9.72 Å². The van der Waals surface area contributed by atoms with Gasteiger partial charge in [0.2, 0.25) is 0 Å². The lowest BCUT2D eigenvalue weighted by Crippen LogP contribution is -2.00. The maximum absolute atomic E-state index is 11.5. The van der Waals surface area contributed by atoms with E-state index in [4.69, 9.17) is 0 Å². The zero-order valence-corrected chi connectivity index (χ0v) is 9.39. The highest BCUT2D eigenvalue weighted by Gasteiger charge is 2.19. The van der Waals surface area contributed by atoms with Gasteiger partial charge in [0, 0.05) is 29.2 Å². The standard InChI is InChI=1S/C11H10N2O4/c1-16-11(14)9-6-12-10-4-3-7(5-8(9)10)13(15)17-2/h3-6H,1-2H3/p+1. The normalized spacial score (nSPS) is 10.2. The second kappa shape index (κ2) is 4.25. The van der Waals surface area contributed by atoms with Crippen molar-refractivity contribution in [3.05, 3.63) is 34.9 Å². The number of H-pyrrole nitrogens is 1. The molecular formula is C11H11N2O4+. The van der Waals surface area contributed by atoms with Crippen LogP contribution in [0.15, 0.2) is 24.4 Å². The molecule has 1 N–H and O–H groups in total. The van der Waals surface area contributed by atoms with E-state index in [9.17, 15) is 9.70 Å². The van der Waals surface area contributed by atoms with Crippen LogP contribution in [0.25, 0.3) is 10.9 Å². The zero-order chi connectivity index (χ0) is 12.4. The molecule has 0 aliphatic heterocycles. The highest BCUT2D eigenvalue weighted by molar-refractivity contribution is 6.04. The van der Waals surface area contributed by atoms with E-state index in [-0.39, 0.29) is 0 Å². The van der Waals surface area contributed by atoms with E-state index >= 15 is 0 Å². The Morgan fingerprint density at radius 1 is 1.35 bits per heavy atom. The Bertz CT molecular complexity index is 588. The summed E-state index contributed by atoms with van der Waals surface area (Å²) in [7, 11) is 2.58. The van der Waals surface area contributed by atoms with E-state index in [2.05, 4.69) is 14.6 Å². The monoisotopic (exact) mass is 235 g/mol. The SMILES string of the molecule is COC(=O)c1c[nH]c2ccc([N+](=O)OC)cc12. The van der Waals surface area contributed by atoms with E-state index in [1.54, 1.807) is 24.4 Å². The molecule has 2 aromatic rings. The van der Waals surface area contributed by atoms with Crippen LogP contribution in [0, 0.1) is 4.91 Å². The van der Waals surface area contributed by atoms with Crippen molar-refractivity contribution >= 4 is 22.6 Å². The van der Waals surface area contributed by atoms with Gasteiger partial charge in [0.1, 0.15) is 0 Å². The van der Waals surface area contributed by atoms with Crippen LogP contribution < -0.4 is 0 Å². The van der Waals surface area contributed by atoms with Gasteiger partial charge in [-0.05, 0) is 6.07 Å². The number of benzene rings is 1. The molecule has 0 atom stereocenters. The topological polar surface area (TPSA) is 71.4 Å². The number of hydrogen-bond donors (Lipinski definition) is 1. The third-order valence-corrected chi connectivity index (χ3v) is 2.45. The van der Waals surface area contributed by atoms with Crippen molar-refractivity contribution < 1.29 is 19.3 Å². The fourth-order valence-electron chi connectivity index (χ4n) is 1.61. The number of ether oxygens (including phenoxy) is 1. The van der Waals surface area contributed by atoms with Crippen LogP contribution in [-0.4, -0.2) is 30.1 Å². The molecular weight excluding hydrogens is 224 g/mol. The predicted octanol–water partition coefficient (Wildman–Crippen LogP) is 1.93. The molecule has 6 nitrogen and oxygen atoms in total. The first kappa shape index (κ1) is 11.1. The van der Waals surface area contributed by atoms with Crippen LogP contribution in [0.5, 0.6) is 0 Å². The van der Waals surface area contributed by atoms with Gasteiger partial charge in [-0.1, -0.05) is 0 Å². The summed E-state index contributed by atoms with van der Waals surface area (Å²) >= 11 is 0. The maximum atomic E-state index is 11.5. The van der Waals surface area contributed by atoms with E-state index in [1.807, 2.05) is 0 Å². The van der Waals surface area contributed by atoms with E-state index in [0.717, 1.165) is 5.52 Å². The van der Waals surface area contributed by atoms with Crippen molar-refractivity contribution in [1.29, 1.82) is 0 Å². The van der Waals surface area contributed by atoms with Gasteiger partial charge in [-0.15, -0.1) is 0 Å². The Balaban J connectivity index is 2.58. The predicted molar refractivity (Wildman–Crippen MR) is 59.9 cm³/mol. The fourth-order valence-corrected chi connectivity index (χ4v) is 1.61.